The molecule has 21 heavy (non-hydrogen) atoms. The summed E-state index contributed by atoms with van der Waals surface area (Å²) in [7, 11) is -2.64. The maximum atomic E-state index is 13.7. The Morgan fingerprint density at radius 3 is 2.81 bits per heavy atom. The van der Waals surface area contributed by atoms with Gasteiger partial charge in [0, 0.05) is 4.47 Å². The monoisotopic (exact) mass is 379 g/mol. The number of sulfonamides is 1. The number of nitrogens with one attached hydrogen (secondary N) is 1. The number of anilines is 1. The van der Waals surface area contributed by atoms with Crippen molar-refractivity contribution in [1.29, 1.82) is 0 Å². The van der Waals surface area contributed by atoms with Crippen molar-refractivity contribution in [2.45, 2.75) is 24.5 Å². The van der Waals surface area contributed by atoms with Gasteiger partial charge in [-0.05, 0) is 31.0 Å². The first-order valence-electron chi connectivity index (χ1n) is 6.39. The van der Waals surface area contributed by atoms with E-state index < -0.39 is 33.0 Å². The minimum Gasteiger partial charge on any atom is -0.469 e. The molecule has 0 radical (unpaired) electrons. The molecule has 0 aromatic heterocycles. The minimum atomic E-state index is -3.87. The summed E-state index contributed by atoms with van der Waals surface area (Å²) >= 11 is 3.16. The molecule has 0 heterocycles. The smallest absolute Gasteiger partial charge is 0.310 e. The average molecular weight is 380 g/mol. The molecule has 0 saturated heterocycles. The van der Waals surface area contributed by atoms with Gasteiger partial charge in [0.15, 0.2) is 0 Å². The van der Waals surface area contributed by atoms with Crippen molar-refractivity contribution in [3.05, 3.63) is 28.5 Å². The summed E-state index contributed by atoms with van der Waals surface area (Å²) in [6.45, 7) is 0. The Morgan fingerprint density at radius 2 is 2.14 bits per heavy atom. The number of rotatable bonds is 4. The van der Waals surface area contributed by atoms with Gasteiger partial charge in [0.25, 0.3) is 0 Å². The summed E-state index contributed by atoms with van der Waals surface area (Å²) in [5.41, 5.74) is -0.139. The number of hydrogen-bond acceptors (Lipinski definition) is 4. The number of ether oxygens (including phenoxy) is 1. The highest BCUT2D eigenvalue weighted by Gasteiger charge is 2.42. The standard InChI is InChI=1S/C13H15BrFNO4S/c1-20-13(17)9-3-2-4-12(9)21(18,19)16-11-7-8(14)5-6-10(11)15/h5-7,9,12,16H,2-4H2,1H3. The van der Waals surface area contributed by atoms with Crippen LogP contribution in [0.1, 0.15) is 19.3 Å². The first-order valence-corrected chi connectivity index (χ1v) is 8.73. The van der Waals surface area contributed by atoms with Crippen LogP contribution in [0.5, 0.6) is 0 Å². The Bertz CT molecular complexity index is 650. The molecule has 1 N–H and O–H groups in total. The van der Waals surface area contributed by atoms with E-state index in [9.17, 15) is 17.6 Å². The quantitative estimate of drug-likeness (QED) is 0.816. The fourth-order valence-electron chi connectivity index (χ4n) is 2.52. The zero-order valence-corrected chi connectivity index (χ0v) is 13.7. The van der Waals surface area contributed by atoms with E-state index in [-0.39, 0.29) is 5.69 Å². The van der Waals surface area contributed by atoms with E-state index in [1.165, 1.54) is 19.2 Å². The molecule has 0 bridgehead atoms. The number of halogens is 2. The molecule has 0 spiro atoms. The highest BCUT2D eigenvalue weighted by atomic mass is 79.9. The number of benzene rings is 1. The number of hydrogen-bond donors (Lipinski definition) is 1. The van der Waals surface area contributed by atoms with Crippen LogP contribution >= 0.6 is 15.9 Å². The second-order valence-corrected chi connectivity index (χ2v) is 7.69. The summed E-state index contributed by atoms with van der Waals surface area (Å²) in [5, 5.41) is -0.900. The van der Waals surface area contributed by atoms with E-state index >= 15 is 0 Å². The van der Waals surface area contributed by atoms with E-state index in [0.717, 1.165) is 6.07 Å². The van der Waals surface area contributed by atoms with E-state index in [1.54, 1.807) is 0 Å². The van der Waals surface area contributed by atoms with Crippen LogP contribution in [0.3, 0.4) is 0 Å². The van der Waals surface area contributed by atoms with Crippen LogP contribution in [0.15, 0.2) is 22.7 Å². The summed E-state index contributed by atoms with van der Waals surface area (Å²) in [6.07, 6.45) is 1.43. The third-order valence-corrected chi connectivity index (χ3v) is 5.89. The average Bonchev–Trinajstić information content (AvgIpc) is 2.92. The predicted molar refractivity (Wildman–Crippen MR) is 79.8 cm³/mol. The van der Waals surface area contributed by atoms with Crippen LogP contribution in [0.25, 0.3) is 0 Å². The van der Waals surface area contributed by atoms with Gasteiger partial charge in [0.1, 0.15) is 5.82 Å². The Hall–Kier alpha value is -1.15. The zero-order chi connectivity index (χ0) is 15.6. The third-order valence-electron chi connectivity index (χ3n) is 3.54. The van der Waals surface area contributed by atoms with E-state index in [0.29, 0.717) is 23.7 Å². The minimum absolute atomic E-state index is 0.139. The van der Waals surface area contributed by atoms with Gasteiger partial charge in [-0.25, -0.2) is 12.8 Å². The largest absolute Gasteiger partial charge is 0.469 e. The van der Waals surface area contributed by atoms with Gasteiger partial charge in [-0.1, -0.05) is 22.4 Å². The van der Waals surface area contributed by atoms with Crippen LogP contribution < -0.4 is 4.72 Å². The van der Waals surface area contributed by atoms with Crippen molar-refractivity contribution in [2.24, 2.45) is 5.92 Å². The molecular weight excluding hydrogens is 365 g/mol. The summed E-state index contributed by atoms with van der Waals surface area (Å²) in [4.78, 5) is 11.6. The molecule has 1 aliphatic carbocycles. The Morgan fingerprint density at radius 1 is 1.43 bits per heavy atom. The summed E-state index contributed by atoms with van der Waals surface area (Å²) in [5.74, 6) is -1.92. The highest BCUT2D eigenvalue weighted by molar-refractivity contribution is 9.10. The number of esters is 1. The highest BCUT2D eigenvalue weighted by Crippen LogP contribution is 2.33. The van der Waals surface area contributed by atoms with E-state index in [1.807, 2.05) is 0 Å². The molecule has 2 atom stereocenters. The second-order valence-electron chi connectivity index (χ2n) is 4.87. The molecule has 8 heteroatoms. The van der Waals surface area contributed by atoms with Gasteiger partial charge in [0.05, 0.1) is 24.0 Å². The van der Waals surface area contributed by atoms with Gasteiger partial charge in [-0.2, -0.15) is 0 Å². The van der Waals surface area contributed by atoms with Crippen LogP contribution in [0, 0.1) is 11.7 Å². The van der Waals surface area contributed by atoms with Crippen molar-refractivity contribution in [3.8, 4) is 0 Å². The van der Waals surface area contributed by atoms with Gasteiger partial charge in [0.2, 0.25) is 10.0 Å². The first-order chi connectivity index (χ1) is 9.85. The Labute approximate surface area is 131 Å². The zero-order valence-electron chi connectivity index (χ0n) is 11.3. The second kappa shape index (κ2) is 6.31. The molecule has 0 aliphatic heterocycles. The summed E-state index contributed by atoms with van der Waals surface area (Å²) < 4.78 is 45.9. The van der Waals surface area contributed by atoms with Gasteiger partial charge < -0.3 is 4.74 Å². The lowest BCUT2D eigenvalue weighted by Gasteiger charge is -2.19. The Balaban J connectivity index is 2.25. The normalized spacial score (nSPS) is 22.0. The lowest BCUT2D eigenvalue weighted by molar-refractivity contribution is -0.145. The van der Waals surface area contributed by atoms with Crippen LogP contribution in [0.4, 0.5) is 10.1 Å². The molecule has 1 fully saturated rings. The van der Waals surface area contributed by atoms with Crippen LogP contribution in [-0.2, 0) is 19.6 Å². The summed E-state index contributed by atoms with van der Waals surface area (Å²) in [6, 6.07) is 3.98. The third kappa shape index (κ3) is 3.55. The van der Waals surface area contributed by atoms with Crippen LogP contribution in [0.2, 0.25) is 0 Å². The molecule has 2 rings (SSSR count). The van der Waals surface area contributed by atoms with E-state index in [2.05, 4.69) is 25.4 Å². The van der Waals surface area contributed by atoms with Crippen molar-refractivity contribution in [1.82, 2.24) is 0 Å². The molecule has 116 valence electrons. The fourth-order valence-corrected chi connectivity index (χ4v) is 4.66. The lowest BCUT2D eigenvalue weighted by atomic mass is 10.1. The molecular formula is C13H15BrFNO4S. The van der Waals surface area contributed by atoms with Gasteiger partial charge in [-0.3, -0.25) is 9.52 Å². The van der Waals surface area contributed by atoms with Crippen molar-refractivity contribution < 1.29 is 22.3 Å². The van der Waals surface area contributed by atoms with E-state index in [4.69, 9.17) is 0 Å². The SMILES string of the molecule is COC(=O)C1CCCC1S(=O)(=O)Nc1cc(Br)ccc1F. The fraction of sp³-hybridized carbons (Fsp3) is 0.462. The molecule has 5 nitrogen and oxygen atoms in total. The Kier molecular flexibility index (Phi) is 4.88. The van der Waals surface area contributed by atoms with Crippen molar-refractivity contribution in [2.75, 3.05) is 11.8 Å². The molecule has 1 aromatic rings. The maximum Gasteiger partial charge on any atom is 0.310 e. The maximum absolute atomic E-state index is 13.7. The molecule has 0 amide bonds. The number of carbonyl (C=O) groups excluding carboxylic acids is 1. The molecule has 2 unspecified atom stereocenters. The topological polar surface area (TPSA) is 72.5 Å². The predicted octanol–water partition coefficient (Wildman–Crippen LogP) is 2.67. The van der Waals surface area contributed by atoms with Crippen LogP contribution in [-0.4, -0.2) is 26.7 Å². The number of methoxy groups -OCH3 is 1. The number of carbonyl (C=O) groups is 1. The van der Waals surface area contributed by atoms with Gasteiger partial charge in [-0.15, -0.1) is 0 Å². The molecule has 1 aromatic carbocycles. The molecule has 1 aliphatic rings. The first kappa shape index (κ1) is 16.2. The lowest BCUT2D eigenvalue weighted by Crippen LogP contribution is -2.35. The molecule has 1 saturated carbocycles. The van der Waals surface area contributed by atoms with Gasteiger partial charge >= 0.3 is 5.97 Å². The van der Waals surface area contributed by atoms with Crippen molar-refractivity contribution >= 4 is 37.6 Å². The van der Waals surface area contributed by atoms with Crippen molar-refractivity contribution in [3.63, 3.8) is 0 Å².